The number of carbonyl (C=O) groups is 1. The molecule has 2 nitrogen and oxygen atoms in total. The fraction of sp³-hybridized carbons (Fsp3) is 0.400. The van der Waals surface area contributed by atoms with E-state index in [2.05, 4.69) is 4.74 Å². The Bertz CT molecular complexity index is 160. The molecule has 0 unspecified atom stereocenters. The fourth-order valence-corrected chi connectivity index (χ4v) is 0.615. The molecule has 0 aromatic carbocycles. The van der Waals surface area contributed by atoms with Crippen molar-refractivity contribution in [3.05, 3.63) is 10.8 Å². The van der Waals surface area contributed by atoms with E-state index >= 15 is 0 Å². The molecule has 0 aromatic heterocycles. The molecular weight excluding hydrogens is 128 g/mol. The first-order valence-electron chi connectivity index (χ1n) is 2.24. The van der Waals surface area contributed by atoms with Gasteiger partial charge in [-0.2, -0.15) is 0 Å². The van der Waals surface area contributed by atoms with Gasteiger partial charge in [-0.1, -0.05) is 0 Å². The zero-order valence-electron chi connectivity index (χ0n) is 4.40. The first kappa shape index (κ1) is 5.63. The molecule has 0 atom stereocenters. The minimum absolute atomic E-state index is 0.0185. The molecule has 0 bridgehead atoms. The Hall–Kier alpha value is -0.500. The van der Waals surface area contributed by atoms with Crippen molar-refractivity contribution in [3.8, 4) is 0 Å². The molecule has 3 heteroatoms. The van der Waals surface area contributed by atoms with Gasteiger partial charge < -0.3 is 4.74 Å². The second-order valence-corrected chi connectivity index (χ2v) is 1.95. The van der Waals surface area contributed by atoms with E-state index in [0.29, 0.717) is 5.57 Å². The summed E-state index contributed by atoms with van der Waals surface area (Å²) in [7, 11) is 0. The third-order valence-corrected chi connectivity index (χ3v) is 1.44. The highest BCUT2D eigenvalue weighted by Crippen LogP contribution is 2.17. The highest BCUT2D eigenvalue weighted by atomic mass is 35.5. The van der Waals surface area contributed by atoms with Gasteiger partial charge in [-0.05, 0) is 18.5 Å². The van der Waals surface area contributed by atoms with Crippen LogP contribution in [0.1, 0.15) is 6.92 Å². The van der Waals surface area contributed by atoms with Gasteiger partial charge in [0.05, 0.1) is 0 Å². The zero-order valence-corrected chi connectivity index (χ0v) is 5.16. The topological polar surface area (TPSA) is 26.3 Å². The van der Waals surface area contributed by atoms with Gasteiger partial charge >= 0.3 is 0 Å². The van der Waals surface area contributed by atoms with Crippen LogP contribution in [-0.4, -0.2) is 12.4 Å². The second kappa shape index (κ2) is 1.78. The molecule has 8 heavy (non-hydrogen) atoms. The maximum atomic E-state index is 10.5. The first-order chi connectivity index (χ1) is 3.72. The Labute approximate surface area is 52.1 Å². The average Bonchev–Trinajstić information content (AvgIpc) is 1.98. The number of ketones is 1. The van der Waals surface area contributed by atoms with Crippen LogP contribution in [0.5, 0.6) is 0 Å². The molecule has 0 saturated carbocycles. The van der Waals surface area contributed by atoms with Gasteiger partial charge in [0.15, 0.2) is 11.8 Å². The summed E-state index contributed by atoms with van der Waals surface area (Å²) in [6.45, 7) is 1.77. The summed E-state index contributed by atoms with van der Waals surface area (Å²) >= 11 is 5.39. The van der Waals surface area contributed by atoms with E-state index in [1.165, 1.54) is 0 Å². The summed E-state index contributed by atoms with van der Waals surface area (Å²) in [5.41, 5.74) is 0.534. The van der Waals surface area contributed by atoms with Gasteiger partial charge in [0.2, 0.25) is 5.78 Å². The van der Waals surface area contributed by atoms with E-state index in [1.54, 1.807) is 6.92 Å². The molecule has 0 N–H and O–H groups in total. The molecule has 0 aliphatic carbocycles. The first-order valence-corrected chi connectivity index (χ1v) is 2.62. The van der Waals surface area contributed by atoms with E-state index in [-0.39, 0.29) is 17.6 Å². The number of rotatable bonds is 0. The lowest BCUT2D eigenvalue weighted by Crippen LogP contribution is -1.97. The normalized spacial score (nSPS) is 19.5. The van der Waals surface area contributed by atoms with Gasteiger partial charge in [-0.25, -0.2) is 0 Å². The predicted octanol–water partition coefficient (Wildman–Crippen LogP) is 1.06. The number of hydrogen-bond acceptors (Lipinski definition) is 2. The highest BCUT2D eigenvalue weighted by molar-refractivity contribution is 6.31. The number of hydrogen-bond donors (Lipinski definition) is 0. The molecule has 1 heterocycles. The van der Waals surface area contributed by atoms with Gasteiger partial charge in [-0.3, -0.25) is 4.79 Å². The molecule has 0 radical (unpaired) electrons. The smallest absolute Gasteiger partial charge is 0.200 e. The maximum absolute atomic E-state index is 10.5. The summed E-state index contributed by atoms with van der Waals surface area (Å²) in [5, 5.41) is 0.245. The van der Waals surface area contributed by atoms with E-state index < -0.39 is 0 Å². The van der Waals surface area contributed by atoms with Crippen molar-refractivity contribution in [2.24, 2.45) is 0 Å². The van der Waals surface area contributed by atoms with Crippen LogP contribution >= 0.6 is 11.6 Å². The van der Waals surface area contributed by atoms with Gasteiger partial charge in [0.1, 0.15) is 0 Å². The Morgan fingerprint density at radius 1 is 1.75 bits per heavy atom. The van der Waals surface area contributed by atoms with Crippen LogP contribution in [0.4, 0.5) is 0 Å². The van der Waals surface area contributed by atoms with Crippen LogP contribution in [0.3, 0.4) is 0 Å². The van der Waals surface area contributed by atoms with Crippen LogP contribution in [0.25, 0.3) is 0 Å². The lowest BCUT2D eigenvalue weighted by atomic mass is 10.2. The van der Waals surface area contributed by atoms with Gasteiger partial charge in [-0.15, -0.1) is 0 Å². The summed E-state index contributed by atoms with van der Waals surface area (Å²) in [6, 6.07) is 0. The molecule has 0 spiro atoms. The summed E-state index contributed by atoms with van der Waals surface area (Å²) in [5.74, 6) is -0.0185. The molecule has 1 aliphatic heterocycles. The SMILES string of the molecule is CC1=C(Cl)OCC1=O. The molecule has 0 saturated heterocycles. The minimum Gasteiger partial charge on any atom is -0.474 e. The predicted molar refractivity (Wildman–Crippen MR) is 29.5 cm³/mol. The van der Waals surface area contributed by atoms with Crippen molar-refractivity contribution in [1.82, 2.24) is 0 Å². The Morgan fingerprint density at radius 2 is 2.38 bits per heavy atom. The Kier molecular flexibility index (Phi) is 1.26. The standard InChI is InChI=1S/C5H5ClO2/c1-3-4(7)2-8-5(3)6/h2H2,1H3. The quantitative estimate of drug-likeness (QED) is 0.493. The molecule has 0 amide bonds. The van der Waals surface area contributed by atoms with Crippen molar-refractivity contribution in [2.45, 2.75) is 6.92 Å². The summed E-state index contributed by atoms with van der Waals surface area (Å²) in [6.07, 6.45) is 0. The lowest BCUT2D eigenvalue weighted by Gasteiger charge is -1.86. The van der Waals surface area contributed by atoms with E-state index in [4.69, 9.17) is 11.6 Å². The van der Waals surface area contributed by atoms with E-state index in [1.807, 2.05) is 0 Å². The van der Waals surface area contributed by atoms with Crippen molar-refractivity contribution in [2.75, 3.05) is 6.61 Å². The van der Waals surface area contributed by atoms with Crippen molar-refractivity contribution >= 4 is 17.4 Å². The molecule has 1 rings (SSSR count). The van der Waals surface area contributed by atoms with E-state index in [9.17, 15) is 4.79 Å². The average molecular weight is 133 g/mol. The monoisotopic (exact) mass is 132 g/mol. The van der Waals surface area contributed by atoms with Crippen molar-refractivity contribution < 1.29 is 9.53 Å². The fourth-order valence-electron chi connectivity index (χ4n) is 0.455. The molecule has 1 aliphatic rings. The maximum Gasteiger partial charge on any atom is 0.200 e. The Balaban J connectivity index is 2.86. The second-order valence-electron chi connectivity index (χ2n) is 1.61. The third-order valence-electron chi connectivity index (χ3n) is 1.04. The third kappa shape index (κ3) is 0.713. The van der Waals surface area contributed by atoms with Crippen LogP contribution in [0.2, 0.25) is 0 Å². The summed E-state index contributed by atoms with van der Waals surface area (Å²) in [4.78, 5) is 10.5. The van der Waals surface area contributed by atoms with Crippen LogP contribution in [0.15, 0.2) is 10.8 Å². The summed E-state index contributed by atoms with van der Waals surface area (Å²) < 4.78 is 4.67. The van der Waals surface area contributed by atoms with Crippen LogP contribution in [0, 0.1) is 0 Å². The number of carbonyl (C=O) groups excluding carboxylic acids is 1. The van der Waals surface area contributed by atoms with E-state index in [0.717, 1.165) is 0 Å². The zero-order chi connectivity index (χ0) is 6.15. The molecule has 44 valence electrons. The number of ether oxygens (including phenoxy) is 1. The lowest BCUT2D eigenvalue weighted by molar-refractivity contribution is -0.116. The molecular formula is C5H5ClO2. The van der Waals surface area contributed by atoms with Crippen LogP contribution in [-0.2, 0) is 9.53 Å². The highest BCUT2D eigenvalue weighted by Gasteiger charge is 2.18. The molecule has 0 fully saturated rings. The largest absolute Gasteiger partial charge is 0.474 e. The van der Waals surface area contributed by atoms with Gasteiger partial charge in [0.25, 0.3) is 0 Å². The van der Waals surface area contributed by atoms with Gasteiger partial charge in [0, 0.05) is 5.57 Å². The van der Waals surface area contributed by atoms with Crippen molar-refractivity contribution in [1.29, 1.82) is 0 Å². The van der Waals surface area contributed by atoms with Crippen LogP contribution < -0.4 is 0 Å². The Morgan fingerprint density at radius 3 is 2.50 bits per heavy atom. The number of halogens is 1. The van der Waals surface area contributed by atoms with Crippen molar-refractivity contribution in [3.63, 3.8) is 0 Å². The minimum atomic E-state index is -0.0185. The molecule has 0 aromatic rings. The number of Topliss-reactive ketones (excluding diaryl/α,β-unsaturated/α-hetero) is 1.